The van der Waals surface area contributed by atoms with E-state index in [1.165, 1.54) is 43.5 Å². The van der Waals surface area contributed by atoms with Crippen molar-refractivity contribution >= 4 is 0 Å². The Labute approximate surface area is 123 Å². The lowest BCUT2D eigenvalue weighted by molar-refractivity contribution is 0.575. The molecule has 0 spiro atoms. The van der Waals surface area contributed by atoms with Crippen molar-refractivity contribution in [2.45, 2.75) is 59.4 Å². The van der Waals surface area contributed by atoms with E-state index in [-0.39, 0.29) is 0 Å². The zero-order valence-electron chi connectivity index (χ0n) is 13.2. The van der Waals surface area contributed by atoms with E-state index in [1.807, 2.05) is 18.2 Å². The van der Waals surface area contributed by atoms with Gasteiger partial charge in [-0.15, -0.1) is 0 Å². The normalized spacial score (nSPS) is 9.95. The van der Waals surface area contributed by atoms with E-state index < -0.39 is 0 Å². The third-order valence-electron chi connectivity index (χ3n) is 3.55. The topological polar surface area (TPSA) is 17.8 Å². The van der Waals surface area contributed by atoms with Gasteiger partial charge in [0, 0.05) is 30.8 Å². The minimum absolute atomic E-state index is 1.16. The van der Waals surface area contributed by atoms with E-state index in [2.05, 4.69) is 42.6 Å². The summed E-state index contributed by atoms with van der Waals surface area (Å²) in [5, 5.41) is 0. The van der Waals surface area contributed by atoms with Gasteiger partial charge in [-0.1, -0.05) is 39.2 Å². The number of aryl methyl sites for hydroxylation is 2. The Kier molecular flexibility index (Phi) is 8.44. The number of unbranched alkanes of at least 4 members (excludes halogenated alkanes) is 3. The van der Waals surface area contributed by atoms with Crippen LogP contribution in [0.2, 0.25) is 0 Å². The summed E-state index contributed by atoms with van der Waals surface area (Å²) in [7, 11) is 0. The first-order chi connectivity index (χ1) is 9.79. The minimum atomic E-state index is 1.16. The van der Waals surface area contributed by atoms with Crippen molar-refractivity contribution in [3.05, 3.63) is 54.1 Å². The van der Waals surface area contributed by atoms with E-state index in [1.54, 1.807) is 12.4 Å². The molecule has 2 heteroatoms. The van der Waals surface area contributed by atoms with Gasteiger partial charge in [0.25, 0.3) is 0 Å². The van der Waals surface area contributed by atoms with Crippen LogP contribution in [0.25, 0.3) is 0 Å². The van der Waals surface area contributed by atoms with Crippen molar-refractivity contribution < 1.29 is 0 Å². The molecule has 0 radical (unpaired) electrons. The maximum absolute atomic E-state index is 3.78. The zero-order chi connectivity index (χ0) is 14.6. The van der Waals surface area contributed by atoms with Gasteiger partial charge in [0.15, 0.2) is 0 Å². The first-order valence-electron chi connectivity index (χ1n) is 7.79. The van der Waals surface area contributed by atoms with Crippen LogP contribution in [0, 0.1) is 6.92 Å². The highest BCUT2D eigenvalue weighted by Gasteiger charge is 2.01. The molecule has 0 saturated carbocycles. The number of rotatable bonds is 6. The molecular weight excluding hydrogens is 244 g/mol. The van der Waals surface area contributed by atoms with Gasteiger partial charge < -0.3 is 4.57 Å². The first kappa shape index (κ1) is 16.5. The van der Waals surface area contributed by atoms with Crippen LogP contribution < -0.4 is 0 Å². The van der Waals surface area contributed by atoms with Crippen LogP contribution in [0.4, 0.5) is 0 Å². The Hall–Kier alpha value is -1.57. The number of nitrogens with zero attached hydrogens (tertiary/aromatic N) is 2. The molecule has 0 bridgehead atoms. The summed E-state index contributed by atoms with van der Waals surface area (Å²) in [6, 6.07) is 7.97. The molecule has 0 saturated heterocycles. The maximum atomic E-state index is 3.78. The molecule has 2 aromatic heterocycles. The monoisotopic (exact) mass is 272 g/mol. The van der Waals surface area contributed by atoms with Crippen LogP contribution in [-0.4, -0.2) is 9.55 Å². The summed E-state index contributed by atoms with van der Waals surface area (Å²) in [4.78, 5) is 3.78. The van der Waals surface area contributed by atoms with Crippen molar-refractivity contribution in [1.82, 2.24) is 9.55 Å². The molecule has 0 atom stereocenters. The Morgan fingerprint density at radius 3 is 2.20 bits per heavy atom. The summed E-state index contributed by atoms with van der Waals surface area (Å²) in [5.74, 6) is 0. The van der Waals surface area contributed by atoms with Gasteiger partial charge in [0.2, 0.25) is 0 Å². The Balaban J connectivity index is 0.000000276. The van der Waals surface area contributed by atoms with Gasteiger partial charge in [0.1, 0.15) is 0 Å². The van der Waals surface area contributed by atoms with Crippen molar-refractivity contribution in [2.75, 3.05) is 0 Å². The third kappa shape index (κ3) is 6.05. The fourth-order valence-corrected chi connectivity index (χ4v) is 2.23. The Bertz CT molecular complexity index is 419. The van der Waals surface area contributed by atoms with E-state index in [4.69, 9.17) is 0 Å². The molecule has 0 aliphatic heterocycles. The van der Waals surface area contributed by atoms with E-state index in [0.717, 1.165) is 6.42 Å². The number of pyridine rings is 1. The summed E-state index contributed by atoms with van der Waals surface area (Å²) in [5.41, 5.74) is 2.96. The number of hydrogen-bond acceptors (Lipinski definition) is 1. The zero-order valence-corrected chi connectivity index (χ0v) is 13.2. The second-order valence-electron chi connectivity index (χ2n) is 5.06. The molecule has 0 N–H and O–H groups in total. The molecule has 2 heterocycles. The summed E-state index contributed by atoms with van der Waals surface area (Å²) in [6.45, 7) is 7.92. The van der Waals surface area contributed by atoms with Crippen molar-refractivity contribution in [2.24, 2.45) is 0 Å². The van der Waals surface area contributed by atoms with E-state index in [9.17, 15) is 0 Å². The van der Waals surface area contributed by atoms with Crippen LogP contribution in [-0.2, 0) is 13.0 Å². The fourth-order valence-electron chi connectivity index (χ4n) is 2.23. The lowest BCUT2D eigenvalue weighted by Gasteiger charge is -2.06. The van der Waals surface area contributed by atoms with Crippen LogP contribution in [0.15, 0.2) is 42.9 Å². The van der Waals surface area contributed by atoms with Crippen LogP contribution in [0.5, 0.6) is 0 Å². The maximum Gasteiger partial charge on any atom is 0.0267 e. The molecule has 0 unspecified atom stereocenters. The second kappa shape index (κ2) is 10.2. The first-order valence-corrected chi connectivity index (χ1v) is 7.79. The minimum Gasteiger partial charge on any atom is -0.351 e. The number of aromatic nitrogens is 2. The Morgan fingerprint density at radius 2 is 1.75 bits per heavy atom. The largest absolute Gasteiger partial charge is 0.351 e. The summed E-state index contributed by atoms with van der Waals surface area (Å²) < 4.78 is 2.40. The smallest absolute Gasteiger partial charge is 0.0267 e. The van der Waals surface area contributed by atoms with Crippen molar-refractivity contribution in [3.63, 3.8) is 0 Å². The molecule has 0 aromatic carbocycles. The number of hydrogen-bond donors (Lipinski definition) is 0. The van der Waals surface area contributed by atoms with Crippen molar-refractivity contribution in [1.29, 1.82) is 0 Å². The van der Waals surface area contributed by atoms with Gasteiger partial charge >= 0.3 is 0 Å². The molecule has 2 aromatic rings. The van der Waals surface area contributed by atoms with Crippen LogP contribution >= 0.6 is 0 Å². The van der Waals surface area contributed by atoms with Gasteiger partial charge in [-0.25, -0.2) is 0 Å². The van der Waals surface area contributed by atoms with Gasteiger partial charge in [-0.05, 0) is 43.5 Å². The third-order valence-corrected chi connectivity index (χ3v) is 3.55. The van der Waals surface area contributed by atoms with Crippen LogP contribution in [0.1, 0.15) is 50.8 Å². The predicted octanol–water partition coefficient (Wildman–Crippen LogP) is 5.02. The molecule has 0 aliphatic rings. The molecule has 0 aliphatic carbocycles. The van der Waals surface area contributed by atoms with Gasteiger partial charge in [-0.3, -0.25) is 4.98 Å². The molecule has 0 amide bonds. The van der Waals surface area contributed by atoms with Crippen molar-refractivity contribution in [3.8, 4) is 0 Å². The summed E-state index contributed by atoms with van der Waals surface area (Å²) >= 11 is 0. The molecule has 2 nitrogen and oxygen atoms in total. The average Bonchev–Trinajstić information content (AvgIpc) is 2.86. The Morgan fingerprint density at radius 1 is 1.00 bits per heavy atom. The quantitative estimate of drug-likeness (QED) is 0.675. The lowest BCUT2D eigenvalue weighted by Crippen LogP contribution is -1.99. The molecule has 110 valence electrons. The summed E-state index contributed by atoms with van der Waals surface area (Å²) in [6.07, 6.45) is 12.3. The predicted molar refractivity (Wildman–Crippen MR) is 86.9 cm³/mol. The molecule has 2 rings (SSSR count). The van der Waals surface area contributed by atoms with E-state index >= 15 is 0 Å². The highest BCUT2D eigenvalue weighted by Crippen LogP contribution is 2.12. The van der Waals surface area contributed by atoms with E-state index in [0.29, 0.717) is 0 Å². The average molecular weight is 272 g/mol. The van der Waals surface area contributed by atoms with Crippen LogP contribution in [0.3, 0.4) is 0 Å². The second-order valence-corrected chi connectivity index (χ2v) is 5.06. The molecule has 0 fully saturated rings. The van der Waals surface area contributed by atoms with Gasteiger partial charge in [-0.2, -0.15) is 0 Å². The fraction of sp³-hybridized carbons (Fsp3) is 0.500. The molecular formula is C18H28N2. The molecule has 20 heavy (non-hydrogen) atoms. The highest BCUT2D eigenvalue weighted by molar-refractivity contribution is 5.20. The standard InChI is InChI=1S/C13H23N.C5H5N/c1-4-6-7-8-10-14-11-9-13(5-2)12(14)3;1-2-4-6-5-3-1/h9,11H,4-8,10H2,1-3H3;1-5H. The van der Waals surface area contributed by atoms with Gasteiger partial charge in [0.05, 0.1) is 0 Å². The SMILES string of the molecule is CCCCCCn1ccc(CC)c1C.c1ccncc1. The highest BCUT2D eigenvalue weighted by atomic mass is 15.0. The lowest BCUT2D eigenvalue weighted by atomic mass is 10.2.